The zero-order valence-electron chi connectivity index (χ0n) is 23.3. The van der Waals surface area contributed by atoms with Gasteiger partial charge in [0.2, 0.25) is 0 Å². The van der Waals surface area contributed by atoms with E-state index in [2.05, 4.69) is 133 Å². The molecule has 3 heterocycles. The summed E-state index contributed by atoms with van der Waals surface area (Å²) in [5.41, 5.74) is 7.29. The van der Waals surface area contributed by atoms with Crippen LogP contribution in [0.1, 0.15) is 10.4 Å². The molecule has 1 nitrogen and oxygen atoms in total. The Balaban J connectivity index is 1.27. The van der Waals surface area contributed by atoms with Crippen LogP contribution >= 0.6 is 22.7 Å². The summed E-state index contributed by atoms with van der Waals surface area (Å²) in [6.45, 7) is 8.15. The van der Waals surface area contributed by atoms with E-state index in [-0.39, 0.29) is 0 Å². The molecule has 0 saturated heterocycles. The van der Waals surface area contributed by atoms with E-state index in [1.165, 1.54) is 84.4 Å². The molecule has 6 aromatic carbocycles. The van der Waals surface area contributed by atoms with Crippen molar-refractivity contribution in [2.24, 2.45) is 0 Å². The lowest BCUT2D eigenvalue weighted by Crippen LogP contribution is -1.94. The first kappa shape index (κ1) is 24.6. The van der Waals surface area contributed by atoms with Gasteiger partial charge in [0, 0.05) is 57.0 Å². The van der Waals surface area contributed by atoms with E-state index in [1.54, 1.807) is 11.3 Å². The van der Waals surface area contributed by atoms with Gasteiger partial charge in [-0.05, 0) is 58.5 Å². The first-order valence-corrected chi connectivity index (χ1v) is 16.0. The molecule has 0 aliphatic heterocycles. The number of thiophene rings is 2. The van der Waals surface area contributed by atoms with E-state index in [9.17, 15) is 0 Å². The van der Waals surface area contributed by atoms with Crippen molar-refractivity contribution in [2.75, 3.05) is 0 Å². The Hall–Kier alpha value is -4.96. The highest BCUT2D eigenvalue weighted by atomic mass is 32.1. The Morgan fingerprint density at radius 1 is 0.535 bits per heavy atom. The van der Waals surface area contributed by atoms with Gasteiger partial charge in [-0.15, -0.1) is 22.7 Å². The zero-order valence-corrected chi connectivity index (χ0v) is 24.9. The minimum atomic E-state index is 1.16. The quantitative estimate of drug-likeness (QED) is 0.194. The second kappa shape index (κ2) is 9.27. The lowest BCUT2D eigenvalue weighted by molar-refractivity contribution is 1.18. The van der Waals surface area contributed by atoms with Crippen LogP contribution in [0.5, 0.6) is 0 Å². The van der Waals surface area contributed by atoms with Gasteiger partial charge >= 0.3 is 0 Å². The molecule has 3 aromatic heterocycles. The van der Waals surface area contributed by atoms with E-state index < -0.39 is 0 Å². The summed E-state index contributed by atoms with van der Waals surface area (Å²) < 4.78 is 6.38. The molecule has 0 N–H and O–H groups in total. The van der Waals surface area contributed by atoms with Crippen molar-refractivity contribution in [1.29, 1.82) is 0 Å². The van der Waals surface area contributed by atoms with Gasteiger partial charge in [0.1, 0.15) is 0 Å². The molecule has 43 heavy (non-hydrogen) atoms. The monoisotopic (exact) mass is 583 g/mol. The van der Waals surface area contributed by atoms with Gasteiger partial charge in [-0.25, -0.2) is 0 Å². The van der Waals surface area contributed by atoms with E-state index >= 15 is 0 Å². The number of nitrogens with zero attached hydrogens (tertiary/aromatic N) is 1. The Morgan fingerprint density at radius 3 is 2.16 bits per heavy atom. The van der Waals surface area contributed by atoms with Crippen molar-refractivity contribution in [3.8, 4) is 16.8 Å². The van der Waals surface area contributed by atoms with Crippen LogP contribution in [0.25, 0.3) is 91.8 Å². The minimum absolute atomic E-state index is 1.16. The maximum atomic E-state index is 4.09. The molecule has 0 saturated carbocycles. The molecule has 9 rings (SSSR count). The van der Waals surface area contributed by atoms with Gasteiger partial charge in [-0.2, -0.15) is 0 Å². The van der Waals surface area contributed by atoms with Crippen molar-refractivity contribution in [3.05, 3.63) is 139 Å². The summed E-state index contributed by atoms with van der Waals surface area (Å²) in [4.78, 5) is 1.17. The Kier molecular flexibility index (Phi) is 5.31. The SMILES string of the molecule is C=Cc1sc2c(ccc3cc4c5ccccc5n(-c5ccc(-c6cccc7c6sc6ccccc67)cc5)c4cc32)c1C=C. The van der Waals surface area contributed by atoms with Crippen LogP contribution < -0.4 is 0 Å². The van der Waals surface area contributed by atoms with Gasteiger partial charge in [0.15, 0.2) is 0 Å². The maximum absolute atomic E-state index is 4.09. The molecule has 0 aliphatic carbocycles. The fourth-order valence-electron chi connectivity index (χ4n) is 6.78. The fourth-order valence-corrected chi connectivity index (χ4v) is 9.20. The van der Waals surface area contributed by atoms with Crippen LogP contribution in [0.15, 0.2) is 128 Å². The molecule has 0 aliphatic rings. The minimum Gasteiger partial charge on any atom is -0.309 e. The summed E-state index contributed by atoms with van der Waals surface area (Å²) in [5, 5.41) is 8.96. The van der Waals surface area contributed by atoms with Gasteiger partial charge in [0.05, 0.1) is 11.0 Å². The third-order valence-corrected chi connectivity index (χ3v) is 11.2. The Bertz CT molecular complexity index is 2590. The highest BCUT2D eigenvalue weighted by Crippen LogP contribution is 2.43. The summed E-state index contributed by atoms with van der Waals surface area (Å²) in [5.74, 6) is 0. The number of para-hydroxylation sites is 1. The topological polar surface area (TPSA) is 4.93 Å². The largest absolute Gasteiger partial charge is 0.309 e. The smallest absolute Gasteiger partial charge is 0.0547 e. The highest BCUT2D eigenvalue weighted by Gasteiger charge is 2.17. The molecule has 0 radical (unpaired) electrons. The first-order valence-electron chi connectivity index (χ1n) is 14.4. The third-order valence-electron chi connectivity index (χ3n) is 8.76. The number of hydrogen-bond acceptors (Lipinski definition) is 2. The van der Waals surface area contributed by atoms with Crippen LogP contribution in [-0.4, -0.2) is 4.57 Å². The second-order valence-corrected chi connectivity index (χ2v) is 13.1. The number of fused-ring (bicyclic) bond motifs is 9. The average molecular weight is 584 g/mol. The van der Waals surface area contributed by atoms with Gasteiger partial charge in [0.25, 0.3) is 0 Å². The number of hydrogen-bond donors (Lipinski definition) is 0. The molecule has 0 fully saturated rings. The van der Waals surface area contributed by atoms with E-state index in [4.69, 9.17) is 0 Å². The van der Waals surface area contributed by atoms with Crippen molar-refractivity contribution < 1.29 is 0 Å². The number of aromatic nitrogens is 1. The van der Waals surface area contributed by atoms with Crippen LogP contribution in [-0.2, 0) is 0 Å². The summed E-state index contributed by atoms with van der Waals surface area (Å²) in [6.07, 6.45) is 3.90. The highest BCUT2D eigenvalue weighted by molar-refractivity contribution is 7.26. The molecule has 0 unspecified atom stereocenters. The molecule has 0 spiro atoms. The van der Waals surface area contributed by atoms with Crippen LogP contribution in [0.2, 0.25) is 0 Å². The molecule has 3 heteroatoms. The van der Waals surface area contributed by atoms with Gasteiger partial charge in [-0.3, -0.25) is 0 Å². The molecule has 0 bridgehead atoms. The lowest BCUT2D eigenvalue weighted by Gasteiger charge is -2.11. The molecule has 0 atom stereocenters. The maximum Gasteiger partial charge on any atom is 0.0547 e. The molecule has 9 aromatic rings. The van der Waals surface area contributed by atoms with Crippen molar-refractivity contribution >= 4 is 97.7 Å². The van der Waals surface area contributed by atoms with Crippen LogP contribution in [0, 0.1) is 0 Å². The molecule has 0 amide bonds. The fraction of sp³-hybridized carbons (Fsp3) is 0. The molecular formula is C40H25NS2. The van der Waals surface area contributed by atoms with E-state index in [0.717, 1.165) is 5.69 Å². The van der Waals surface area contributed by atoms with E-state index in [1.807, 2.05) is 23.5 Å². The Labute approximate surface area is 256 Å². The normalized spacial score (nSPS) is 11.9. The number of benzene rings is 6. The van der Waals surface area contributed by atoms with Crippen molar-refractivity contribution in [2.45, 2.75) is 0 Å². The standard InChI is InChI=1S/C40H25NS2/c1-3-27-32-21-18-25-22-34-29-10-5-7-14-35(29)41(36(34)23-33(25)40(32)42-37(27)4-2)26-19-16-24(17-20-26)28-12-9-13-31-30-11-6-8-15-38(30)43-39(28)31/h3-23H,1-2H2. The predicted molar refractivity (Wildman–Crippen MR) is 192 cm³/mol. The summed E-state index contributed by atoms with van der Waals surface area (Å²) in [6, 6.07) is 42.5. The van der Waals surface area contributed by atoms with Gasteiger partial charge < -0.3 is 4.57 Å². The molecule has 202 valence electrons. The Morgan fingerprint density at radius 2 is 1.33 bits per heavy atom. The second-order valence-electron chi connectivity index (χ2n) is 11.0. The number of rotatable bonds is 4. The summed E-state index contributed by atoms with van der Waals surface area (Å²) in [7, 11) is 0. The van der Waals surface area contributed by atoms with Gasteiger partial charge in [-0.1, -0.05) is 104 Å². The van der Waals surface area contributed by atoms with Crippen molar-refractivity contribution in [1.82, 2.24) is 4.57 Å². The van der Waals surface area contributed by atoms with Crippen molar-refractivity contribution in [3.63, 3.8) is 0 Å². The van der Waals surface area contributed by atoms with Crippen LogP contribution in [0.4, 0.5) is 0 Å². The lowest BCUT2D eigenvalue weighted by atomic mass is 10.0. The summed E-state index contributed by atoms with van der Waals surface area (Å²) >= 11 is 3.68. The van der Waals surface area contributed by atoms with Crippen LogP contribution in [0.3, 0.4) is 0 Å². The van der Waals surface area contributed by atoms with E-state index in [0.29, 0.717) is 0 Å². The zero-order chi connectivity index (χ0) is 28.7. The third kappa shape index (κ3) is 3.50. The first-order chi connectivity index (χ1) is 21.2. The predicted octanol–water partition coefficient (Wildman–Crippen LogP) is 12.5. The average Bonchev–Trinajstić information content (AvgIpc) is 3.73. The molecular weight excluding hydrogens is 559 g/mol.